The minimum atomic E-state index is -0.370. The van der Waals surface area contributed by atoms with Crippen LogP contribution in [0.1, 0.15) is 29.2 Å². The minimum Gasteiger partial charge on any atom is -0.376 e. The predicted molar refractivity (Wildman–Crippen MR) is 84.4 cm³/mol. The lowest BCUT2D eigenvalue weighted by Gasteiger charge is -2.15. The Bertz CT molecular complexity index is 657. The summed E-state index contributed by atoms with van der Waals surface area (Å²) in [7, 11) is 0. The third-order valence-corrected chi connectivity index (χ3v) is 4.38. The lowest BCUT2D eigenvalue weighted by atomic mass is 10.1. The summed E-state index contributed by atoms with van der Waals surface area (Å²) in [5, 5.41) is 17.2. The molecule has 0 amide bonds. The lowest BCUT2D eigenvalue weighted by Crippen LogP contribution is -2.08. The van der Waals surface area contributed by atoms with Crippen LogP contribution in [0.15, 0.2) is 22.0 Å². The van der Waals surface area contributed by atoms with E-state index in [2.05, 4.69) is 26.2 Å². The summed E-state index contributed by atoms with van der Waals surface area (Å²) in [6.45, 7) is 5.65. The SMILES string of the molecule is Cc1nc(C(C)Nc2cc([N+](=O)[O-])c(C)cc2Br)cs1. The molecule has 7 heteroatoms. The van der Waals surface area contributed by atoms with Crippen molar-refractivity contribution in [2.24, 2.45) is 0 Å². The van der Waals surface area contributed by atoms with Crippen LogP contribution in [0, 0.1) is 24.0 Å². The first-order chi connectivity index (χ1) is 9.38. The number of hydrogen-bond acceptors (Lipinski definition) is 5. The van der Waals surface area contributed by atoms with Crippen LogP contribution in [-0.4, -0.2) is 9.91 Å². The first-order valence-electron chi connectivity index (χ1n) is 6.01. The first-order valence-corrected chi connectivity index (χ1v) is 7.69. The number of thiazole rings is 1. The highest BCUT2D eigenvalue weighted by Gasteiger charge is 2.16. The van der Waals surface area contributed by atoms with E-state index in [1.807, 2.05) is 19.2 Å². The number of nitrogens with one attached hydrogen (secondary N) is 1. The first kappa shape index (κ1) is 14.9. The molecule has 20 heavy (non-hydrogen) atoms. The maximum atomic E-state index is 11.0. The van der Waals surface area contributed by atoms with Gasteiger partial charge in [0.25, 0.3) is 5.69 Å². The molecule has 1 heterocycles. The summed E-state index contributed by atoms with van der Waals surface area (Å²) >= 11 is 5.02. The van der Waals surface area contributed by atoms with Crippen molar-refractivity contribution in [2.75, 3.05) is 5.32 Å². The molecule has 0 fully saturated rings. The lowest BCUT2D eigenvalue weighted by molar-refractivity contribution is -0.385. The van der Waals surface area contributed by atoms with E-state index < -0.39 is 0 Å². The number of halogens is 1. The number of hydrogen-bond donors (Lipinski definition) is 1. The quantitative estimate of drug-likeness (QED) is 0.642. The van der Waals surface area contributed by atoms with Crippen molar-refractivity contribution in [1.82, 2.24) is 4.98 Å². The molecule has 0 saturated heterocycles. The molecule has 0 aliphatic rings. The highest BCUT2D eigenvalue weighted by Crippen LogP contribution is 2.33. The molecule has 0 bridgehead atoms. The van der Waals surface area contributed by atoms with Gasteiger partial charge in [-0.25, -0.2) is 4.98 Å². The van der Waals surface area contributed by atoms with Crippen LogP contribution in [-0.2, 0) is 0 Å². The average Bonchev–Trinajstić information content (AvgIpc) is 2.79. The molecular weight excluding hydrogens is 342 g/mol. The van der Waals surface area contributed by atoms with E-state index in [4.69, 9.17) is 0 Å². The zero-order valence-electron chi connectivity index (χ0n) is 11.3. The fraction of sp³-hybridized carbons (Fsp3) is 0.308. The van der Waals surface area contributed by atoms with Gasteiger partial charge < -0.3 is 5.32 Å². The van der Waals surface area contributed by atoms with E-state index in [-0.39, 0.29) is 16.7 Å². The largest absolute Gasteiger partial charge is 0.376 e. The molecular formula is C13H14BrN3O2S. The second kappa shape index (κ2) is 5.88. The van der Waals surface area contributed by atoms with Gasteiger partial charge in [-0.05, 0) is 42.8 Å². The van der Waals surface area contributed by atoms with Crippen molar-refractivity contribution >= 4 is 38.6 Å². The number of aromatic nitrogens is 1. The van der Waals surface area contributed by atoms with E-state index in [0.717, 1.165) is 15.2 Å². The Hall–Kier alpha value is -1.47. The average molecular weight is 356 g/mol. The third-order valence-electron chi connectivity index (χ3n) is 2.93. The molecule has 0 radical (unpaired) electrons. The molecule has 106 valence electrons. The Kier molecular flexibility index (Phi) is 4.39. The predicted octanol–water partition coefficient (Wildman–Crippen LogP) is 4.60. The molecule has 1 atom stereocenters. The molecule has 2 aromatic rings. The van der Waals surface area contributed by atoms with Crippen molar-refractivity contribution in [2.45, 2.75) is 26.8 Å². The Morgan fingerprint density at radius 3 is 2.70 bits per heavy atom. The second-order valence-electron chi connectivity index (χ2n) is 4.53. The highest BCUT2D eigenvalue weighted by atomic mass is 79.9. The summed E-state index contributed by atoms with van der Waals surface area (Å²) in [6, 6.07) is 3.29. The van der Waals surface area contributed by atoms with E-state index in [1.54, 1.807) is 30.4 Å². The van der Waals surface area contributed by atoms with Crippen molar-refractivity contribution < 1.29 is 4.92 Å². The Labute approximate surface area is 129 Å². The topological polar surface area (TPSA) is 68.1 Å². The van der Waals surface area contributed by atoms with E-state index in [0.29, 0.717) is 11.3 Å². The number of aryl methyl sites for hydroxylation is 2. The second-order valence-corrected chi connectivity index (χ2v) is 6.45. The number of anilines is 1. The summed E-state index contributed by atoms with van der Waals surface area (Å²) in [5.41, 5.74) is 2.37. The van der Waals surface area contributed by atoms with Crippen molar-refractivity contribution in [1.29, 1.82) is 0 Å². The fourth-order valence-electron chi connectivity index (χ4n) is 1.85. The molecule has 5 nitrogen and oxygen atoms in total. The molecule has 0 spiro atoms. The van der Waals surface area contributed by atoms with Gasteiger partial charge in [-0.3, -0.25) is 10.1 Å². The van der Waals surface area contributed by atoms with Crippen LogP contribution in [0.4, 0.5) is 11.4 Å². The van der Waals surface area contributed by atoms with Crippen molar-refractivity contribution in [3.05, 3.63) is 48.4 Å². The van der Waals surface area contributed by atoms with Gasteiger partial charge in [-0.15, -0.1) is 11.3 Å². The van der Waals surface area contributed by atoms with E-state index in [1.165, 1.54) is 0 Å². The van der Waals surface area contributed by atoms with Gasteiger partial charge in [0, 0.05) is 21.5 Å². The molecule has 1 aromatic heterocycles. The summed E-state index contributed by atoms with van der Waals surface area (Å²) in [4.78, 5) is 15.0. The Balaban J connectivity index is 2.29. The Morgan fingerprint density at radius 2 is 2.15 bits per heavy atom. The van der Waals surface area contributed by atoms with Crippen molar-refractivity contribution in [3.63, 3.8) is 0 Å². The van der Waals surface area contributed by atoms with E-state index >= 15 is 0 Å². The van der Waals surface area contributed by atoms with Crippen molar-refractivity contribution in [3.8, 4) is 0 Å². The van der Waals surface area contributed by atoms with Crippen LogP contribution >= 0.6 is 27.3 Å². The number of nitro groups is 1. The normalized spacial score (nSPS) is 12.2. The fourth-order valence-corrected chi connectivity index (χ4v) is 3.13. The van der Waals surface area contributed by atoms with Gasteiger partial charge >= 0.3 is 0 Å². The minimum absolute atomic E-state index is 0.0152. The molecule has 2 rings (SSSR count). The summed E-state index contributed by atoms with van der Waals surface area (Å²) in [5.74, 6) is 0. The number of nitrogens with zero attached hydrogens (tertiary/aromatic N) is 2. The van der Waals surface area contributed by atoms with Crippen LogP contribution in [0.3, 0.4) is 0 Å². The van der Waals surface area contributed by atoms with Gasteiger partial charge in [0.15, 0.2) is 0 Å². The smallest absolute Gasteiger partial charge is 0.274 e. The molecule has 1 unspecified atom stereocenters. The molecule has 1 N–H and O–H groups in total. The van der Waals surface area contributed by atoms with Gasteiger partial charge in [0.2, 0.25) is 0 Å². The van der Waals surface area contributed by atoms with Gasteiger partial charge in [-0.2, -0.15) is 0 Å². The zero-order chi connectivity index (χ0) is 14.9. The standard InChI is InChI=1S/C13H14BrN3O2S/c1-7-4-10(14)11(5-13(7)17(18)19)15-8(2)12-6-20-9(3)16-12/h4-6,8,15H,1-3H3. The molecule has 1 aromatic carbocycles. The summed E-state index contributed by atoms with van der Waals surface area (Å²) < 4.78 is 0.805. The molecule has 0 aliphatic carbocycles. The molecule has 0 aliphatic heterocycles. The Morgan fingerprint density at radius 1 is 1.45 bits per heavy atom. The van der Waals surface area contributed by atoms with Gasteiger partial charge in [0.05, 0.1) is 27.4 Å². The summed E-state index contributed by atoms with van der Waals surface area (Å²) in [6.07, 6.45) is 0. The maximum absolute atomic E-state index is 11.0. The monoisotopic (exact) mass is 355 g/mol. The van der Waals surface area contributed by atoms with Crippen LogP contribution in [0.2, 0.25) is 0 Å². The number of nitro benzene ring substituents is 1. The maximum Gasteiger partial charge on any atom is 0.274 e. The van der Waals surface area contributed by atoms with Gasteiger partial charge in [-0.1, -0.05) is 0 Å². The van der Waals surface area contributed by atoms with Crippen LogP contribution in [0.5, 0.6) is 0 Å². The molecule has 0 saturated carbocycles. The van der Waals surface area contributed by atoms with Gasteiger partial charge in [0.1, 0.15) is 0 Å². The number of rotatable bonds is 4. The zero-order valence-corrected chi connectivity index (χ0v) is 13.7. The third kappa shape index (κ3) is 3.16. The number of benzene rings is 1. The highest BCUT2D eigenvalue weighted by molar-refractivity contribution is 9.10. The van der Waals surface area contributed by atoms with Crippen LogP contribution in [0.25, 0.3) is 0 Å². The van der Waals surface area contributed by atoms with Crippen LogP contribution < -0.4 is 5.32 Å². The van der Waals surface area contributed by atoms with E-state index in [9.17, 15) is 10.1 Å².